The van der Waals surface area contributed by atoms with Crippen LogP contribution in [-0.4, -0.2) is 25.1 Å². The predicted octanol–water partition coefficient (Wildman–Crippen LogP) is 3.52. The van der Waals surface area contributed by atoms with Crippen LogP contribution in [-0.2, 0) is 6.42 Å². The van der Waals surface area contributed by atoms with Gasteiger partial charge in [0.25, 0.3) is 0 Å². The van der Waals surface area contributed by atoms with E-state index >= 15 is 0 Å². The van der Waals surface area contributed by atoms with Gasteiger partial charge in [0.05, 0.1) is 23.3 Å². The number of hydrogen-bond acceptors (Lipinski definition) is 5. The van der Waals surface area contributed by atoms with E-state index in [2.05, 4.69) is 60.0 Å². The Morgan fingerprint density at radius 3 is 3.00 bits per heavy atom. The molecule has 0 radical (unpaired) electrons. The molecule has 1 aliphatic rings. The van der Waals surface area contributed by atoms with Gasteiger partial charge in [-0.15, -0.1) is 0 Å². The van der Waals surface area contributed by atoms with Crippen molar-refractivity contribution in [2.45, 2.75) is 18.9 Å². The molecule has 1 aliphatic carbocycles. The van der Waals surface area contributed by atoms with Crippen LogP contribution in [0.2, 0.25) is 0 Å². The number of aryl methyl sites for hydroxylation is 1. The summed E-state index contributed by atoms with van der Waals surface area (Å²) in [5.41, 5.74) is 4.39. The van der Waals surface area contributed by atoms with E-state index in [9.17, 15) is 0 Å². The highest BCUT2D eigenvalue weighted by Crippen LogP contribution is 2.35. The molecule has 1 atom stereocenters. The summed E-state index contributed by atoms with van der Waals surface area (Å²) >= 11 is 0. The molecule has 1 aromatic carbocycles. The maximum Gasteiger partial charge on any atom is 0.231 e. The normalized spacial score (nSPS) is 16.1. The Balaban J connectivity index is 1.51. The molecule has 7 heteroatoms. The van der Waals surface area contributed by atoms with Gasteiger partial charge in [-0.2, -0.15) is 15.1 Å². The van der Waals surface area contributed by atoms with Gasteiger partial charge in [0, 0.05) is 12.4 Å². The Morgan fingerprint density at radius 1 is 1.12 bits per heavy atom. The lowest BCUT2D eigenvalue weighted by Gasteiger charge is -2.16. The summed E-state index contributed by atoms with van der Waals surface area (Å²) in [5, 5.41) is 14.5. The van der Waals surface area contributed by atoms with Crippen molar-refractivity contribution in [3.05, 3.63) is 60.0 Å². The Bertz CT molecular complexity index is 1020. The summed E-state index contributed by atoms with van der Waals surface area (Å²) in [6.45, 7) is 0. The second kappa shape index (κ2) is 5.62. The smallest absolute Gasteiger partial charge is 0.231 e. The van der Waals surface area contributed by atoms with Gasteiger partial charge < -0.3 is 15.6 Å². The first-order valence-electron chi connectivity index (χ1n) is 8.32. The quantitative estimate of drug-likeness (QED) is 0.459. The number of benzene rings is 1. The van der Waals surface area contributed by atoms with Gasteiger partial charge in [0.15, 0.2) is 0 Å². The van der Waals surface area contributed by atoms with Crippen LogP contribution in [0.5, 0.6) is 0 Å². The zero-order valence-corrected chi connectivity index (χ0v) is 13.5. The summed E-state index contributed by atoms with van der Waals surface area (Å²) in [5.74, 6) is 1.36. The van der Waals surface area contributed by atoms with Crippen molar-refractivity contribution in [2.75, 3.05) is 10.6 Å². The second-order valence-electron chi connectivity index (χ2n) is 6.18. The maximum atomic E-state index is 4.69. The predicted molar refractivity (Wildman–Crippen MR) is 96.9 cm³/mol. The monoisotopic (exact) mass is 331 g/mol. The zero-order chi connectivity index (χ0) is 16.6. The molecule has 4 aromatic rings. The largest absolute Gasteiger partial charge is 0.363 e. The molecule has 0 amide bonds. The summed E-state index contributed by atoms with van der Waals surface area (Å²) in [4.78, 5) is 12.4. The van der Waals surface area contributed by atoms with E-state index in [1.807, 2.05) is 12.3 Å². The number of rotatable bonds is 4. The molecule has 5 rings (SSSR count). The van der Waals surface area contributed by atoms with E-state index in [4.69, 9.17) is 0 Å². The van der Waals surface area contributed by atoms with Gasteiger partial charge in [0.1, 0.15) is 11.5 Å². The highest BCUT2D eigenvalue weighted by molar-refractivity contribution is 5.88. The van der Waals surface area contributed by atoms with Gasteiger partial charge in [-0.1, -0.05) is 24.3 Å². The molecule has 0 aliphatic heterocycles. The number of H-pyrrole nitrogens is 2. The van der Waals surface area contributed by atoms with Crippen LogP contribution in [0.4, 0.5) is 17.5 Å². The Kier molecular flexibility index (Phi) is 3.16. The molecule has 3 heterocycles. The van der Waals surface area contributed by atoms with Crippen LogP contribution >= 0.6 is 0 Å². The van der Waals surface area contributed by atoms with Crippen LogP contribution in [0.1, 0.15) is 23.6 Å². The van der Waals surface area contributed by atoms with E-state index in [0.29, 0.717) is 5.95 Å². The van der Waals surface area contributed by atoms with Crippen molar-refractivity contribution in [1.29, 1.82) is 0 Å². The number of nitrogens with one attached hydrogen (secondary N) is 4. The van der Waals surface area contributed by atoms with E-state index in [1.54, 1.807) is 12.4 Å². The van der Waals surface area contributed by atoms with Crippen LogP contribution in [0, 0.1) is 0 Å². The Hall–Kier alpha value is -3.35. The molecule has 0 spiro atoms. The fourth-order valence-corrected chi connectivity index (χ4v) is 3.43. The van der Waals surface area contributed by atoms with Gasteiger partial charge in [-0.05, 0) is 30.0 Å². The molecule has 1 unspecified atom stereocenters. The average molecular weight is 331 g/mol. The van der Waals surface area contributed by atoms with Crippen molar-refractivity contribution in [3.8, 4) is 0 Å². The summed E-state index contributed by atoms with van der Waals surface area (Å²) in [7, 11) is 0. The second-order valence-corrected chi connectivity index (χ2v) is 6.18. The molecular weight excluding hydrogens is 314 g/mol. The molecule has 0 saturated carbocycles. The lowest BCUT2D eigenvalue weighted by molar-refractivity contribution is 0.758. The minimum absolute atomic E-state index is 0.269. The minimum Gasteiger partial charge on any atom is -0.363 e. The third kappa shape index (κ3) is 2.50. The van der Waals surface area contributed by atoms with Crippen molar-refractivity contribution in [1.82, 2.24) is 25.1 Å². The molecular formula is C18H17N7. The first kappa shape index (κ1) is 14.0. The lowest BCUT2D eigenvalue weighted by Crippen LogP contribution is -2.10. The van der Waals surface area contributed by atoms with Crippen LogP contribution in [0.15, 0.2) is 48.9 Å². The number of nitrogens with zero attached hydrogens (tertiary/aromatic N) is 3. The van der Waals surface area contributed by atoms with Gasteiger partial charge >= 0.3 is 0 Å². The maximum absolute atomic E-state index is 4.69. The first-order valence-corrected chi connectivity index (χ1v) is 8.32. The molecule has 7 nitrogen and oxygen atoms in total. The minimum atomic E-state index is 0.269. The third-order valence-electron chi connectivity index (χ3n) is 4.61. The molecule has 0 fully saturated rings. The highest BCUT2D eigenvalue weighted by Gasteiger charge is 2.23. The van der Waals surface area contributed by atoms with Crippen molar-refractivity contribution in [3.63, 3.8) is 0 Å². The number of aromatic nitrogens is 5. The van der Waals surface area contributed by atoms with Gasteiger partial charge in [-0.25, -0.2) is 0 Å². The van der Waals surface area contributed by atoms with Gasteiger partial charge in [-0.3, -0.25) is 5.10 Å². The van der Waals surface area contributed by atoms with E-state index < -0.39 is 0 Å². The average Bonchev–Trinajstić information content (AvgIpc) is 3.36. The topological polar surface area (TPSA) is 94.3 Å². The molecule has 4 N–H and O–H groups in total. The van der Waals surface area contributed by atoms with Crippen molar-refractivity contribution < 1.29 is 0 Å². The fourth-order valence-electron chi connectivity index (χ4n) is 3.43. The Morgan fingerprint density at radius 2 is 2.08 bits per heavy atom. The van der Waals surface area contributed by atoms with Gasteiger partial charge in [0.2, 0.25) is 5.95 Å². The highest BCUT2D eigenvalue weighted by atomic mass is 15.2. The molecule has 0 bridgehead atoms. The number of fused-ring (bicyclic) bond motifs is 2. The lowest BCUT2D eigenvalue weighted by atomic mass is 10.1. The Labute approximate surface area is 143 Å². The number of anilines is 3. The van der Waals surface area contributed by atoms with Crippen molar-refractivity contribution >= 4 is 28.5 Å². The van der Waals surface area contributed by atoms with E-state index in [1.165, 1.54) is 11.1 Å². The van der Waals surface area contributed by atoms with Crippen LogP contribution in [0.3, 0.4) is 0 Å². The molecule has 124 valence electrons. The zero-order valence-electron chi connectivity index (χ0n) is 13.5. The third-order valence-corrected chi connectivity index (χ3v) is 4.61. The summed E-state index contributed by atoms with van der Waals surface area (Å²) < 4.78 is 0. The molecule has 3 aromatic heterocycles. The number of aromatic amines is 2. The SMILES string of the molecule is c1ccc2c(c1)CCC2Nc1nc(Nc2cn[nH]c2)nc2[nH]ccc12. The standard InChI is InChI=1S/C18H17N7/c1-2-4-13-11(3-1)5-6-15(13)23-17-14-7-8-19-16(14)24-18(25-17)22-12-9-20-21-10-12/h1-4,7-10,15H,5-6H2,(H,20,21)(H3,19,22,23,24,25). The first-order chi connectivity index (χ1) is 12.4. The number of hydrogen-bond donors (Lipinski definition) is 4. The molecule has 0 saturated heterocycles. The van der Waals surface area contributed by atoms with Crippen LogP contribution in [0.25, 0.3) is 11.0 Å². The summed E-state index contributed by atoms with van der Waals surface area (Å²) in [6.07, 6.45) is 7.51. The van der Waals surface area contributed by atoms with Crippen LogP contribution < -0.4 is 10.6 Å². The fraction of sp³-hybridized carbons (Fsp3) is 0.167. The molecule has 25 heavy (non-hydrogen) atoms. The van der Waals surface area contributed by atoms with E-state index in [0.717, 1.165) is 35.4 Å². The van der Waals surface area contributed by atoms with Crippen molar-refractivity contribution in [2.24, 2.45) is 0 Å². The summed E-state index contributed by atoms with van der Waals surface area (Å²) in [6, 6.07) is 10.9. The van der Waals surface area contributed by atoms with E-state index in [-0.39, 0.29) is 6.04 Å².